The van der Waals surface area contributed by atoms with Gasteiger partial charge >= 0.3 is 0 Å². The van der Waals surface area contributed by atoms with Crippen LogP contribution in [-0.4, -0.2) is 18.1 Å². The Kier molecular flexibility index (Phi) is 1.66. The summed E-state index contributed by atoms with van der Waals surface area (Å²) in [6, 6.07) is 0.764. The van der Waals surface area contributed by atoms with Crippen molar-refractivity contribution in [3.8, 4) is 0 Å². The Balaban J connectivity index is 1.87. The van der Waals surface area contributed by atoms with E-state index in [1.54, 1.807) is 0 Å². The standard InChI is InChI=1S/C12H22N2/c1-3-11(6-9-7-14-10(9)11)12(13)5-4-8(12)2/h8-10,14H,3-7,13H2,1-2H3. The molecule has 2 heteroatoms. The first-order valence-electron chi connectivity index (χ1n) is 6.16. The second-order valence-corrected chi connectivity index (χ2v) is 5.84. The van der Waals surface area contributed by atoms with Crippen LogP contribution in [0.1, 0.15) is 39.5 Å². The van der Waals surface area contributed by atoms with Gasteiger partial charge in [0.1, 0.15) is 0 Å². The van der Waals surface area contributed by atoms with Gasteiger partial charge in [-0.05, 0) is 44.1 Å². The molecule has 1 aliphatic heterocycles. The number of fused-ring (bicyclic) bond motifs is 1. The van der Waals surface area contributed by atoms with Gasteiger partial charge in [0, 0.05) is 17.0 Å². The largest absolute Gasteiger partial charge is 0.324 e. The lowest BCUT2D eigenvalue weighted by Gasteiger charge is -2.72. The van der Waals surface area contributed by atoms with Gasteiger partial charge < -0.3 is 11.1 Å². The fraction of sp³-hybridized carbons (Fsp3) is 1.00. The summed E-state index contributed by atoms with van der Waals surface area (Å²) in [4.78, 5) is 0. The Morgan fingerprint density at radius 3 is 2.50 bits per heavy atom. The van der Waals surface area contributed by atoms with Crippen LogP contribution in [0.25, 0.3) is 0 Å². The van der Waals surface area contributed by atoms with Crippen LogP contribution in [0.2, 0.25) is 0 Å². The highest BCUT2D eigenvalue weighted by atomic mass is 15.1. The molecule has 0 bridgehead atoms. The highest BCUT2D eigenvalue weighted by Crippen LogP contribution is 2.63. The third kappa shape index (κ3) is 0.737. The van der Waals surface area contributed by atoms with Crippen LogP contribution in [0.3, 0.4) is 0 Å². The van der Waals surface area contributed by atoms with Gasteiger partial charge in [-0.2, -0.15) is 0 Å². The fourth-order valence-electron chi connectivity index (χ4n) is 4.33. The van der Waals surface area contributed by atoms with Crippen LogP contribution in [-0.2, 0) is 0 Å². The topological polar surface area (TPSA) is 38.0 Å². The lowest BCUT2D eigenvalue weighted by Crippen LogP contribution is -2.82. The quantitative estimate of drug-likeness (QED) is 0.699. The fourth-order valence-corrected chi connectivity index (χ4v) is 4.33. The molecule has 0 spiro atoms. The molecule has 1 heterocycles. The highest BCUT2D eigenvalue weighted by Gasteiger charge is 2.68. The number of piperidine rings is 1. The van der Waals surface area contributed by atoms with Gasteiger partial charge in [-0.15, -0.1) is 0 Å². The molecular formula is C12H22N2. The molecule has 1 saturated heterocycles. The predicted molar refractivity (Wildman–Crippen MR) is 57.9 cm³/mol. The number of hydrogen-bond acceptors (Lipinski definition) is 2. The normalized spacial score (nSPS) is 60.6. The first-order chi connectivity index (χ1) is 6.64. The zero-order chi connectivity index (χ0) is 9.97. The van der Waals surface area contributed by atoms with Crippen LogP contribution in [0, 0.1) is 17.3 Å². The molecule has 2 nitrogen and oxygen atoms in total. The maximum absolute atomic E-state index is 6.64. The Bertz CT molecular complexity index is 265. The second-order valence-electron chi connectivity index (χ2n) is 5.84. The summed E-state index contributed by atoms with van der Waals surface area (Å²) in [6.45, 7) is 5.92. The van der Waals surface area contributed by atoms with Crippen molar-refractivity contribution in [2.75, 3.05) is 6.54 Å². The molecule has 14 heavy (non-hydrogen) atoms. The van der Waals surface area contributed by atoms with Gasteiger partial charge in [0.2, 0.25) is 0 Å². The molecule has 0 aromatic heterocycles. The van der Waals surface area contributed by atoms with E-state index in [9.17, 15) is 0 Å². The van der Waals surface area contributed by atoms with E-state index in [1.165, 1.54) is 32.2 Å². The second kappa shape index (κ2) is 2.53. The van der Waals surface area contributed by atoms with Gasteiger partial charge in [-0.25, -0.2) is 0 Å². The van der Waals surface area contributed by atoms with Crippen molar-refractivity contribution >= 4 is 0 Å². The van der Waals surface area contributed by atoms with Gasteiger partial charge in [-0.3, -0.25) is 0 Å². The molecule has 3 N–H and O–H groups in total. The lowest BCUT2D eigenvalue weighted by atomic mass is 9.39. The van der Waals surface area contributed by atoms with Gasteiger partial charge in [0.15, 0.2) is 0 Å². The van der Waals surface area contributed by atoms with E-state index < -0.39 is 0 Å². The van der Waals surface area contributed by atoms with E-state index in [0.717, 1.165) is 17.9 Å². The summed E-state index contributed by atoms with van der Waals surface area (Å²) in [7, 11) is 0. The first kappa shape index (κ1) is 9.17. The predicted octanol–water partition coefficient (Wildman–Crippen LogP) is 1.50. The van der Waals surface area contributed by atoms with Crippen molar-refractivity contribution in [3.05, 3.63) is 0 Å². The van der Waals surface area contributed by atoms with Crippen LogP contribution >= 0.6 is 0 Å². The average Bonchev–Trinajstić information content (AvgIpc) is 2.18. The minimum absolute atomic E-state index is 0.163. The SMILES string of the molecule is CCC1(C2(N)CCC2C)CC2CNC21. The van der Waals surface area contributed by atoms with Crippen LogP contribution in [0.4, 0.5) is 0 Å². The molecule has 80 valence electrons. The van der Waals surface area contributed by atoms with E-state index >= 15 is 0 Å². The van der Waals surface area contributed by atoms with Crippen molar-refractivity contribution in [1.82, 2.24) is 5.32 Å². The Labute approximate surface area is 86.6 Å². The minimum Gasteiger partial charge on any atom is -0.324 e. The molecule has 2 saturated carbocycles. The summed E-state index contributed by atoms with van der Waals surface area (Å²) in [5.41, 5.74) is 7.26. The summed E-state index contributed by atoms with van der Waals surface area (Å²) < 4.78 is 0. The summed E-state index contributed by atoms with van der Waals surface area (Å²) in [5.74, 6) is 1.70. The highest BCUT2D eigenvalue weighted by molar-refractivity contribution is 5.24. The molecule has 0 amide bonds. The van der Waals surface area contributed by atoms with Gasteiger partial charge in [0.25, 0.3) is 0 Å². The van der Waals surface area contributed by atoms with Gasteiger partial charge in [0.05, 0.1) is 0 Å². The number of rotatable bonds is 2. The molecular weight excluding hydrogens is 172 g/mol. The smallest absolute Gasteiger partial charge is 0.0252 e. The monoisotopic (exact) mass is 194 g/mol. The van der Waals surface area contributed by atoms with Crippen molar-refractivity contribution in [2.45, 2.75) is 51.1 Å². The molecule has 2 aliphatic carbocycles. The molecule has 0 radical (unpaired) electrons. The van der Waals surface area contributed by atoms with Crippen molar-refractivity contribution in [2.24, 2.45) is 23.0 Å². The van der Waals surface area contributed by atoms with Crippen molar-refractivity contribution in [1.29, 1.82) is 0 Å². The molecule has 5 atom stereocenters. The van der Waals surface area contributed by atoms with Crippen LogP contribution < -0.4 is 11.1 Å². The van der Waals surface area contributed by atoms with E-state index in [2.05, 4.69) is 19.2 Å². The Morgan fingerprint density at radius 2 is 2.29 bits per heavy atom. The molecule has 5 unspecified atom stereocenters. The maximum Gasteiger partial charge on any atom is 0.0252 e. The summed E-state index contributed by atoms with van der Waals surface area (Å²) in [5, 5.41) is 3.60. The summed E-state index contributed by atoms with van der Waals surface area (Å²) in [6.07, 6.45) is 5.26. The van der Waals surface area contributed by atoms with E-state index in [0.29, 0.717) is 5.41 Å². The van der Waals surface area contributed by atoms with E-state index in [-0.39, 0.29) is 5.54 Å². The Hall–Kier alpha value is -0.0800. The minimum atomic E-state index is 0.163. The molecule has 0 aromatic carbocycles. The van der Waals surface area contributed by atoms with E-state index in [4.69, 9.17) is 5.73 Å². The van der Waals surface area contributed by atoms with E-state index in [1.807, 2.05) is 0 Å². The Morgan fingerprint density at radius 1 is 1.50 bits per heavy atom. The molecule has 0 aromatic rings. The number of hydrogen-bond donors (Lipinski definition) is 2. The average molecular weight is 194 g/mol. The summed E-state index contributed by atoms with van der Waals surface area (Å²) >= 11 is 0. The maximum atomic E-state index is 6.64. The van der Waals surface area contributed by atoms with Crippen molar-refractivity contribution in [3.63, 3.8) is 0 Å². The molecule has 3 rings (SSSR count). The zero-order valence-electron chi connectivity index (χ0n) is 9.34. The zero-order valence-corrected chi connectivity index (χ0v) is 9.34. The van der Waals surface area contributed by atoms with Crippen LogP contribution in [0.5, 0.6) is 0 Å². The molecule has 3 fully saturated rings. The first-order valence-corrected chi connectivity index (χ1v) is 6.16. The van der Waals surface area contributed by atoms with Crippen molar-refractivity contribution < 1.29 is 0 Å². The third-order valence-corrected chi connectivity index (χ3v) is 5.72. The third-order valence-electron chi connectivity index (χ3n) is 5.72. The number of nitrogens with two attached hydrogens (primary N) is 1. The number of nitrogens with one attached hydrogen (secondary N) is 1. The lowest BCUT2D eigenvalue weighted by molar-refractivity contribution is -0.164. The van der Waals surface area contributed by atoms with Crippen LogP contribution in [0.15, 0.2) is 0 Å². The molecule has 3 aliphatic rings. The van der Waals surface area contributed by atoms with Gasteiger partial charge in [-0.1, -0.05) is 13.8 Å².